The molecule has 0 radical (unpaired) electrons. The van der Waals surface area contributed by atoms with Crippen LogP contribution in [-0.2, 0) is 30.1 Å². The summed E-state index contributed by atoms with van der Waals surface area (Å²) in [4.78, 5) is 15.1. The zero-order chi connectivity index (χ0) is 20.1. The molecular formula is C13H16F4N3O5PS. The van der Waals surface area contributed by atoms with Crippen molar-refractivity contribution in [3.05, 3.63) is 22.5 Å². The minimum absolute atomic E-state index is 0.398. The first-order valence-electron chi connectivity index (χ1n) is 7.74. The molecule has 1 unspecified atom stereocenters. The molecule has 8 nitrogen and oxygen atoms in total. The van der Waals surface area contributed by atoms with E-state index in [-0.39, 0.29) is 0 Å². The molecule has 0 saturated carbocycles. The molecule has 0 spiro atoms. The van der Waals surface area contributed by atoms with Gasteiger partial charge in [0.15, 0.2) is 29.6 Å². The van der Waals surface area contributed by atoms with Crippen molar-refractivity contribution in [2.24, 2.45) is 0 Å². The van der Waals surface area contributed by atoms with E-state index in [1.54, 1.807) is 13.8 Å². The maximum absolute atomic E-state index is 15.0. The summed E-state index contributed by atoms with van der Waals surface area (Å²) in [5.41, 5.74) is 1.44. The van der Waals surface area contributed by atoms with Crippen LogP contribution in [0.1, 0.15) is 20.1 Å². The summed E-state index contributed by atoms with van der Waals surface area (Å²) < 4.78 is 77.6. The van der Waals surface area contributed by atoms with Crippen LogP contribution < -0.4 is 11.4 Å². The van der Waals surface area contributed by atoms with E-state index >= 15 is 4.39 Å². The maximum Gasteiger partial charge on any atom is 0.351 e. The fourth-order valence-corrected chi connectivity index (χ4v) is 5.36. The van der Waals surface area contributed by atoms with Crippen LogP contribution in [0.25, 0.3) is 0 Å². The highest BCUT2D eigenvalue weighted by atomic mass is 32.5. The lowest BCUT2D eigenvalue weighted by atomic mass is 9.97. The SMILES string of the molecule is CC(C)OP1(=S)OC[C@@]2(C(F)F)O[C@@H](n3cc(F)c(N)nc3=O)[C@H](F)[C@@H]2O1. The van der Waals surface area contributed by atoms with Gasteiger partial charge < -0.3 is 19.5 Å². The molecule has 3 heterocycles. The summed E-state index contributed by atoms with van der Waals surface area (Å²) in [6.45, 7) is -1.13. The minimum Gasteiger partial charge on any atom is -0.381 e. The Morgan fingerprint density at radius 3 is 2.78 bits per heavy atom. The van der Waals surface area contributed by atoms with Crippen LogP contribution in [0.2, 0.25) is 0 Å². The Bertz CT molecular complexity index is 843. The lowest BCUT2D eigenvalue weighted by Gasteiger charge is -2.41. The van der Waals surface area contributed by atoms with Gasteiger partial charge in [-0.3, -0.25) is 9.09 Å². The number of fused-ring (bicyclic) bond motifs is 1. The number of ether oxygens (including phenoxy) is 1. The van der Waals surface area contributed by atoms with Crippen molar-refractivity contribution in [3.63, 3.8) is 0 Å². The van der Waals surface area contributed by atoms with Gasteiger partial charge in [-0.15, -0.1) is 0 Å². The predicted molar refractivity (Wildman–Crippen MR) is 88.0 cm³/mol. The summed E-state index contributed by atoms with van der Waals surface area (Å²) in [6, 6.07) is 0. The first kappa shape index (κ1) is 20.6. The number of nitrogen functional groups attached to an aromatic ring is 1. The smallest absolute Gasteiger partial charge is 0.351 e. The van der Waals surface area contributed by atoms with Gasteiger partial charge in [0.2, 0.25) is 0 Å². The van der Waals surface area contributed by atoms with Gasteiger partial charge in [0.05, 0.1) is 18.9 Å². The van der Waals surface area contributed by atoms with E-state index in [1.165, 1.54) is 0 Å². The zero-order valence-corrected chi connectivity index (χ0v) is 15.8. The van der Waals surface area contributed by atoms with Crippen molar-refractivity contribution in [2.45, 2.75) is 50.5 Å². The van der Waals surface area contributed by atoms with Crippen LogP contribution in [0.5, 0.6) is 0 Å². The van der Waals surface area contributed by atoms with Crippen LogP contribution in [0.15, 0.2) is 11.0 Å². The molecule has 3 rings (SSSR count). The molecule has 5 atom stereocenters. The van der Waals surface area contributed by atoms with Gasteiger partial charge in [-0.25, -0.2) is 22.4 Å². The predicted octanol–water partition coefficient (Wildman–Crippen LogP) is 1.90. The average Bonchev–Trinajstić information content (AvgIpc) is 2.84. The van der Waals surface area contributed by atoms with Gasteiger partial charge in [0.1, 0.15) is 6.10 Å². The van der Waals surface area contributed by atoms with Gasteiger partial charge in [0.25, 0.3) is 6.43 Å². The molecule has 0 aliphatic carbocycles. The highest BCUT2D eigenvalue weighted by molar-refractivity contribution is 8.07. The summed E-state index contributed by atoms with van der Waals surface area (Å²) >= 11 is 5.08. The van der Waals surface area contributed by atoms with Gasteiger partial charge in [-0.2, -0.15) is 4.98 Å². The normalized spacial score (nSPS) is 36.4. The van der Waals surface area contributed by atoms with Crippen LogP contribution >= 0.6 is 6.72 Å². The van der Waals surface area contributed by atoms with Gasteiger partial charge in [-0.1, -0.05) is 0 Å². The first-order chi connectivity index (χ1) is 12.5. The number of hydrogen-bond donors (Lipinski definition) is 1. The highest BCUT2D eigenvalue weighted by Gasteiger charge is 2.67. The monoisotopic (exact) mass is 433 g/mol. The van der Waals surface area contributed by atoms with E-state index in [4.69, 9.17) is 35.8 Å². The Morgan fingerprint density at radius 1 is 1.52 bits per heavy atom. The fraction of sp³-hybridized carbons (Fsp3) is 0.692. The Hall–Kier alpha value is -1.11. The molecule has 1 aromatic rings. The second-order valence-corrected chi connectivity index (χ2v) is 9.19. The number of alkyl halides is 3. The third-order valence-corrected chi connectivity index (χ3v) is 6.43. The second kappa shape index (κ2) is 7.05. The van der Waals surface area contributed by atoms with Crippen molar-refractivity contribution in [1.29, 1.82) is 0 Å². The third-order valence-electron chi connectivity index (χ3n) is 3.99. The van der Waals surface area contributed by atoms with Crippen LogP contribution in [0, 0.1) is 5.82 Å². The van der Waals surface area contributed by atoms with Gasteiger partial charge in [0, 0.05) is 0 Å². The number of rotatable bonds is 4. The van der Waals surface area contributed by atoms with E-state index in [9.17, 15) is 18.0 Å². The fourth-order valence-electron chi connectivity index (χ4n) is 2.79. The standard InChI is InChI=1S/C13H16F4N3O5PS/c1-5(2)24-26(27)22-4-13(11(16)17)8(25-26)7(15)10(23-13)20-3-6(14)9(18)19-12(20)21/h3,5,7-8,10-11H,4H2,1-2H3,(H2,18,19,21)/t7-,8+,10-,13-,26?/m1/s1. The molecule has 0 bridgehead atoms. The van der Waals surface area contributed by atoms with Crippen molar-refractivity contribution < 1.29 is 35.9 Å². The molecule has 2 fully saturated rings. The Balaban J connectivity index is 2.00. The summed E-state index contributed by atoms with van der Waals surface area (Å²) in [6.07, 6.45) is -9.33. The topological polar surface area (TPSA) is 97.8 Å². The average molecular weight is 433 g/mol. The first-order valence-corrected chi connectivity index (χ1v) is 10.3. The number of anilines is 1. The summed E-state index contributed by atoms with van der Waals surface area (Å²) in [5.74, 6) is -1.86. The lowest BCUT2D eigenvalue weighted by Crippen LogP contribution is -2.55. The Morgan fingerprint density at radius 2 is 2.19 bits per heavy atom. The largest absolute Gasteiger partial charge is 0.381 e. The van der Waals surface area contributed by atoms with E-state index in [0.29, 0.717) is 10.8 Å². The molecule has 14 heteroatoms. The number of nitrogens with zero attached hydrogens (tertiary/aromatic N) is 2. The van der Waals surface area contributed by atoms with Gasteiger partial charge in [-0.05, 0) is 25.7 Å². The molecule has 2 aliphatic heterocycles. The molecule has 2 saturated heterocycles. The molecule has 0 amide bonds. The number of halogens is 4. The molecule has 2 aliphatic rings. The number of hydrogen-bond acceptors (Lipinski definition) is 8. The third kappa shape index (κ3) is 3.52. The maximum atomic E-state index is 15.0. The van der Waals surface area contributed by atoms with Crippen LogP contribution in [0.4, 0.5) is 23.4 Å². The Labute approximate surface area is 155 Å². The summed E-state index contributed by atoms with van der Waals surface area (Å²) in [7, 11) is 0. The highest BCUT2D eigenvalue weighted by Crippen LogP contribution is 2.61. The van der Waals surface area contributed by atoms with E-state index in [0.717, 1.165) is 0 Å². The Kier molecular flexibility index (Phi) is 5.38. The van der Waals surface area contributed by atoms with E-state index < -0.39 is 67.3 Å². The molecule has 27 heavy (non-hydrogen) atoms. The van der Waals surface area contributed by atoms with Crippen LogP contribution in [0.3, 0.4) is 0 Å². The number of nitrogens with two attached hydrogens (primary N) is 1. The van der Waals surface area contributed by atoms with Crippen molar-refractivity contribution in [1.82, 2.24) is 9.55 Å². The van der Waals surface area contributed by atoms with Crippen LogP contribution in [-0.4, -0.2) is 46.6 Å². The van der Waals surface area contributed by atoms with Crippen molar-refractivity contribution >= 4 is 24.3 Å². The summed E-state index contributed by atoms with van der Waals surface area (Å²) in [5, 5.41) is 0. The minimum atomic E-state index is -3.52. The van der Waals surface area contributed by atoms with Crippen molar-refractivity contribution in [2.75, 3.05) is 12.3 Å². The van der Waals surface area contributed by atoms with E-state index in [1.807, 2.05) is 0 Å². The molecular weight excluding hydrogens is 417 g/mol. The molecule has 2 N–H and O–H groups in total. The zero-order valence-electron chi connectivity index (χ0n) is 14.1. The number of aromatic nitrogens is 2. The van der Waals surface area contributed by atoms with E-state index in [2.05, 4.69) is 4.98 Å². The lowest BCUT2D eigenvalue weighted by molar-refractivity contribution is -0.204. The molecule has 152 valence electrons. The van der Waals surface area contributed by atoms with Gasteiger partial charge >= 0.3 is 12.4 Å². The molecule has 1 aromatic heterocycles. The molecule has 0 aromatic carbocycles. The second-order valence-electron chi connectivity index (χ2n) is 6.27. The quantitative estimate of drug-likeness (QED) is 0.568. The van der Waals surface area contributed by atoms with Crippen molar-refractivity contribution in [3.8, 4) is 0 Å².